The van der Waals surface area contributed by atoms with E-state index in [2.05, 4.69) is 13.8 Å². The van der Waals surface area contributed by atoms with Gasteiger partial charge in [-0.25, -0.2) is 0 Å². The van der Waals surface area contributed by atoms with Crippen molar-refractivity contribution in [3.63, 3.8) is 0 Å². The fraction of sp³-hybridized carbons (Fsp3) is 1.00. The van der Waals surface area contributed by atoms with E-state index in [0.29, 0.717) is 5.41 Å². The minimum atomic E-state index is -0.0719. The fourth-order valence-corrected chi connectivity index (χ4v) is 3.84. The maximum absolute atomic E-state index is 6.63. The summed E-state index contributed by atoms with van der Waals surface area (Å²) in [6.45, 7) is 4.65. The summed E-state index contributed by atoms with van der Waals surface area (Å²) in [6.07, 6.45) is 11.6. The van der Waals surface area contributed by atoms with Crippen LogP contribution in [0.1, 0.15) is 71.6 Å². The van der Waals surface area contributed by atoms with Crippen LogP contribution in [0.3, 0.4) is 0 Å². The third-order valence-electron chi connectivity index (χ3n) is 5.17. The second kappa shape index (κ2) is 4.89. The molecule has 0 aliphatic heterocycles. The monoisotopic (exact) mass is 238 g/mol. The van der Waals surface area contributed by atoms with Crippen LogP contribution in [0.25, 0.3) is 0 Å². The van der Waals surface area contributed by atoms with E-state index in [4.69, 9.17) is 11.5 Å². The van der Waals surface area contributed by atoms with Crippen molar-refractivity contribution in [1.82, 2.24) is 0 Å². The van der Waals surface area contributed by atoms with Crippen molar-refractivity contribution in [1.29, 1.82) is 0 Å². The molecular formula is C15H30N2. The number of hydrogen-bond acceptors (Lipinski definition) is 2. The van der Waals surface area contributed by atoms with E-state index in [1.165, 1.54) is 44.9 Å². The van der Waals surface area contributed by atoms with Crippen LogP contribution >= 0.6 is 0 Å². The minimum Gasteiger partial charge on any atom is -0.326 e. The highest BCUT2D eigenvalue weighted by Gasteiger charge is 2.42. The Morgan fingerprint density at radius 3 is 2.29 bits per heavy atom. The van der Waals surface area contributed by atoms with Crippen molar-refractivity contribution >= 4 is 0 Å². The van der Waals surface area contributed by atoms with Crippen LogP contribution in [0.4, 0.5) is 0 Å². The van der Waals surface area contributed by atoms with E-state index in [9.17, 15) is 0 Å². The predicted octanol–water partition coefficient (Wildman–Crippen LogP) is 3.19. The lowest BCUT2D eigenvalue weighted by atomic mass is 9.63. The van der Waals surface area contributed by atoms with E-state index in [1.807, 2.05) is 0 Å². The zero-order chi connectivity index (χ0) is 12.5. The van der Waals surface area contributed by atoms with Crippen LogP contribution in [-0.4, -0.2) is 11.6 Å². The molecule has 2 aliphatic rings. The maximum atomic E-state index is 6.63. The second-order valence-electron chi connectivity index (χ2n) is 7.42. The molecule has 2 nitrogen and oxygen atoms in total. The highest BCUT2D eigenvalue weighted by molar-refractivity contribution is 5.02. The molecule has 4 N–H and O–H groups in total. The SMILES string of the molecule is CC1(C)CCC(N)(CC2CCCCC2)C(N)C1. The molecular weight excluding hydrogens is 208 g/mol. The van der Waals surface area contributed by atoms with Gasteiger partial charge >= 0.3 is 0 Å². The lowest BCUT2D eigenvalue weighted by Gasteiger charge is -2.47. The van der Waals surface area contributed by atoms with Crippen molar-refractivity contribution in [2.24, 2.45) is 22.8 Å². The molecule has 0 heterocycles. The standard InChI is InChI=1S/C15H30N2/c1-14(2)8-9-15(17,13(16)11-14)10-12-6-4-3-5-7-12/h12-13H,3-11,16-17H2,1-2H3. The maximum Gasteiger partial charge on any atom is 0.0310 e. The van der Waals surface area contributed by atoms with Gasteiger partial charge in [0.25, 0.3) is 0 Å². The largest absolute Gasteiger partial charge is 0.326 e. The summed E-state index contributed by atoms with van der Waals surface area (Å²) in [5, 5.41) is 0. The molecule has 0 spiro atoms. The Balaban J connectivity index is 1.94. The molecule has 2 atom stereocenters. The summed E-state index contributed by atoms with van der Waals surface area (Å²) in [5.74, 6) is 0.848. The zero-order valence-corrected chi connectivity index (χ0v) is 11.7. The first-order chi connectivity index (χ1) is 7.91. The third-order valence-corrected chi connectivity index (χ3v) is 5.17. The van der Waals surface area contributed by atoms with E-state index in [1.54, 1.807) is 0 Å². The average molecular weight is 238 g/mol. The third kappa shape index (κ3) is 3.23. The van der Waals surface area contributed by atoms with Crippen LogP contribution in [0.15, 0.2) is 0 Å². The van der Waals surface area contributed by atoms with Gasteiger partial charge in [-0.2, -0.15) is 0 Å². The predicted molar refractivity (Wildman–Crippen MR) is 73.7 cm³/mol. The van der Waals surface area contributed by atoms with Gasteiger partial charge in [0.15, 0.2) is 0 Å². The van der Waals surface area contributed by atoms with Gasteiger partial charge in [-0.05, 0) is 37.0 Å². The van der Waals surface area contributed by atoms with Gasteiger partial charge in [0.2, 0.25) is 0 Å². The topological polar surface area (TPSA) is 52.0 Å². The van der Waals surface area contributed by atoms with Gasteiger partial charge in [-0.3, -0.25) is 0 Å². The van der Waals surface area contributed by atoms with Gasteiger partial charge in [-0.1, -0.05) is 46.0 Å². The van der Waals surface area contributed by atoms with Gasteiger partial charge in [0.1, 0.15) is 0 Å². The molecule has 2 aliphatic carbocycles. The highest BCUT2D eigenvalue weighted by atomic mass is 14.9. The Hall–Kier alpha value is -0.0800. The Labute approximate surface area is 107 Å². The summed E-state index contributed by atoms with van der Waals surface area (Å²) >= 11 is 0. The molecule has 2 rings (SSSR count). The average Bonchev–Trinajstić information content (AvgIpc) is 2.26. The van der Waals surface area contributed by atoms with Gasteiger partial charge in [0, 0.05) is 11.6 Å². The molecule has 17 heavy (non-hydrogen) atoms. The Morgan fingerprint density at radius 2 is 1.71 bits per heavy atom. The van der Waals surface area contributed by atoms with Crippen LogP contribution in [-0.2, 0) is 0 Å². The van der Waals surface area contributed by atoms with Gasteiger partial charge in [0.05, 0.1) is 0 Å². The first kappa shape index (κ1) is 13.4. The highest BCUT2D eigenvalue weighted by Crippen LogP contribution is 2.42. The quantitative estimate of drug-likeness (QED) is 0.776. The number of rotatable bonds is 2. The normalized spacial score (nSPS) is 39.2. The van der Waals surface area contributed by atoms with E-state index in [0.717, 1.165) is 18.8 Å². The Bertz CT molecular complexity index is 256. The van der Waals surface area contributed by atoms with Crippen molar-refractivity contribution in [3.05, 3.63) is 0 Å². The van der Waals surface area contributed by atoms with Crippen LogP contribution < -0.4 is 11.5 Å². The molecule has 0 aromatic rings. The summed E-state index contributed by atoms with van der Waals surface area (Å²) in [4.78, 5) is 0. The van der Waals surface area contributed by atoms with Crippen molar-refractivity contribution in [2.45, 2.75) is 83.2 Å². The molecule has 2 unspecified atom stereocenters. The molecule has 0 radical (unpaired) electrons. The van der Waals surface area contributed by atoms with Crippen LogP contribution in [0.2, 0.25) is 0 Å². The van der Waals surface area contributed by atoms with Gasteiger partial charge in [-0.15, -0.1) is 0 Å². The van der Waals surface area contributed by atoms with E-state index >= 15 is 0 Å². The molecule has 2 saturated carbocycles. The first-order valence-electron chi connectivity index (χ1n) is 7.46. The lowest BCUT2D eigenvalue weighted by Crippen LogP contribution is -2.60. The molecule has 0 aromatic carbocycles. The number of nitrogens with two attached hydrogens (primary N) is 2. The smallest absolute Gasteiger partial charge is 0.0310 e. The second-order valence-corrected chi connectivity index (χ2v) is 7.42. The molecule has 100 valence electrons. The summed E-state index contributed by atoms with van der Waals surface area (Å²) in [5.41, 5.74) is 13.3. The van der Waals surface area contributed by atoms with Crippen molar-refractivity contribution in [3.8, 4) is 0 Å². The Morgan fingerprint density at radius 1 is 1.06 bits per heavy atom. The molecule has 2 heteroatoms. The summed E-state index contributed by atoms with van der Waals surface area (Å²) < 4.78 is 0. The molecule has 0 bridgehead atoms. The molecule has 0 saturated heterocycles. The summed E-state index contributed by atoms with van der Waals surface area (Å²) in [6, 6.07) is 0.202. The zero-order valence-electron chi connectivity index (χ0n) is 11.7. The number of hydrogen-bond donors (Lipinski definition) is 2. The van der Waals surface area contributed by atoms with E-state index < -0.39 is 0 Å². The van der Waals surface area contributed by atoms with Crippen LogP contribution in [0.5, 0.6) is 0 Å². The minimum absolute atomic E-state index is 0.0719. The molecule has 0 aromatic heterocycles. The van der Waals surface area contributed by atoms with Crippen molar-refractivity contribution in [2.75, 3.05) is 0 Å². The summed E-state index contributed by atoms with van der Waals surface area (Å²) in [7, 11) is 0. The van der Waals surface area contributed by atoms with Gasteiger partial charge < -0.3 is 11.5 Å². The van der Waals surface area contributed by atoms with E-state index in [-0.39, 0.29) is 11.6 Å². The molecule has 0 amide bonds. The Kier molecular flexibility index (Phi) is 3.84. The van der Waals surface area contributed by atoms with Crippen molar-refractivity contribution < 1.29 is 0 Å². The first-order valence-corrected chi connectivity index (χ1v) is 7.46. The van der Waals surface area contributed by atoms with Crippen LogP contribution in [0, 0.1) is 11.3 Å². The fourth-order valence-electron chi connectivity index (χ4n) is 3.84. The molecule has 2 fully saturated rings. The lowest BCUT2D eigenvalue weighted by molar-refractivity contribution is 0.109.